The fraction of sp³-hybridized carbons (Fsp3) is 0.846. The van der Waals surface area contributed by atoms with E-state index in [1.165, 1.54) is 27.7 Å². The second-order valence-electron chi connectivity index (χ2n) is 4.98. The van der Waals surface area contributed by atoms with Crippen LogP contribution in [0.1, 0.15) is 40.5 Å². The van der Waals surface area contributed by atoms with Gasteiger partial charge in [0.25, 0.3) is 0 Å². The molecule has 3 atom stereocenters. The summed E-state index contributed by atoms with van der Waals surface area (Å²) < 4.78 is 21.6. The molecule has 8 nitrogen and oxygen atoms in total. The molecule has 3 N–H and O–H groups in total. The molecule has 0 fully saturated rings. The standard InChI is InChI=1S/C13H25O8P/c1-5-10(11(15)21-8-9(4)14)13(6-2,22(17,18)19)12(16)20-7-3/h9-10,14H,5-8H2,1-4H3,(H2,17,18,19). The van der Waals surface area contributed by atoms with Crippen molar-refractivity contribution in [2.45, 2.75) is 51.8 Å². The molecule has 0 radical (unpaired) electrons. The van der Waals surface area contributed by atoms with E-state index in [2.05, 4.69) is 0 Å². The monoisotopic (exact) mass is 340 g/mol. The van der Waals surface area contributed by atoms with Crippen LogP contribution >= 0.6 is 7.60 Å². The third-order valence-corrected chi connectivity index (χ3v) is 5.27. The Hall–Kier alpha value is -0.950. The van der Waals surface area contributed by atoms with Gasteiger partial charge in [-0.1, -0.05) is 13.8 Å². The van der Waals surface area contributed by atoms with Crippen LogP contribution < -0.4 is 0 Å². The zero-order chi connectivity index (χ0) is 17.6. The van der Waals surface area contributed by atoms with E-state index in [4.69, 9.17) is 14.6 Å². The SMILES string of the molecule is CCOC(=O)C(CC)(C(CC)C(=O)OCC(C)O)P(=O)(O)O. The van der Waals surface area contributed by atoms with Crippen LogP contribution in [0.15, 0.2) is 0 Å². The zero-order valence-corrected chi connectivity index (χ0v) is 14.2. The third kappa shape index (κ3) is 4.52. The van der Waals surface area contributed by atoms with Gasteiger partial charge in [0, 0.05) is 0 Å². The van der Waals surface area contributed by atoms with Gasteiger partial charge in [0.15, 0.2) is 5.16 Å². The molecule has 0 aliphatic carbocycles. The van der Waals surface area contributed by atoms with Crippen molar-refractivity contribution in [1.29, 1.82) is 0 Å². The first-order valence-electron chi connectivity index (χ1n) is 7.15. The van der Waals surface area contributed by atoms with Crippen LogP contribution in [0.2, 0.25) is 0 Å². The van der Waals surface area contributed by atoms with Gasteiger partial charge >= 0.3 is 19.5 Å². The van der Waals surface area contributed by atoms with Crippen LogP contribution in [-0.4, -0.2) is 51.3 Å². The summed E-state index contributed by atoms with van der Waals surface area (Å²) in [5.41, 5.74) is 0. The second kappa shape index (κ2) is 8.62. The first-order chi connectivity index (χ1) is 10.1. The van der Waals surface area contributed by atoms with Crippen molar-refractivity contribution in [2.24, 2.45) is 5.92 Å². The first kappa shape index (κ1) is 21.0. The summed E-state index contributed by atoms with van der Waals surface area (Å²) >= 11 is 0. The van der Waals surface area contributed by atoms with Gasteiger partial charge in [0.2, 0.25) is 0 Å². The van der Waals surface area contributed by atoms with Crippen molar-refractivity contribution in [3.8, 4) is 0 Å². The minimum atomic E-state index is -5.00. The van der Waals surface area contributed by atoms with E-state index >= 15 is 0 Å². The Morgan fingerprint density at radius 1 is 1.18 bits per heavy atom. The van der Waals surface area contributed by atoms with Crippen LogP contribution in [0.3, 0.4) is 0 Å². The smallest absolute Gasteiger partial charge is 0.343 e. The molecule has 0 heterocycles. The number of aliphatic hydroxyl groups is 1. The van der Waals surface area contributed by atoms with Gasteiger partial charge in [0.1, 0.15) is 6.61 Å². The Morgan fingerprint density at radius 3 is 2.05 bits per heavy atom. The lowest BCUT2D eigenvalue weighted by atomic mass is 9.86. The second-order valence-corrected chi connectivity index (χ2v) is 6.87. The van der Waals surface area contributed by atoms with Crippen LogP contribution in [0.4, 0.5) is 0 Å². The van der Waals surface area contributed by atoms with E-state index in [9.17, 15) is 23.9 Å². The third-order valence-electron chi connectivity index (χ3n) is 3.42. The number of hydrogen-bond acceptors (Lipinski definition) is 6. The van der Waals surface area contributed by atoms with Crippen molar-refractivity contribution in [1.82, 2.24) is 0 Å². The number of carbonyl (C=O) groups excluding carboxylic acids is 2. The van der Waals surface area contributed by atoms with Crippen molar-refractivity contribution >= 4 is 19.5 Å². The van der Waals surface area contributed by atoms with Crippen LogP contribution in [-0.2, 0) is 23.6 Å². The van der Waals surface area contributed by atoms with Crippen LogP contribution in [0.25, 0.3) is 0 Å². The molecule has 0 aromatic rings. The van der Waals surface area contributed by atoms with E-state index in [0.717, 1.165) is 0 Å². The van der Waals surface area contributed by atoms with Gasteiger partial charge < -0.3 is 24.4 Å². The number of aliphatic hydroxyl groups excluding tert-OH is 1. The Kier molecular flexibility index (Phi) is 8.25. The molecule has 22 heavy (non-hydrogen) atoms. The first-order valence-corrected chi connectivity index (χ1v) is 8.77. The highest BCUT2D eigenvalue weighted by Crippen LogP contribution is 2.58. The molecule has 0 spiro atoms. The van der Waals surface area contributed by atoms with Crippen LogP contribution in [0.5, 0.6) is 0 Å². The summed E-state index contributed by atoms with van der Waals surface area (Å²) in [6.45, 7) is 5.44. The van der Waals surface area contributed by atoms with E-state index in [0.29, 0.717) is 0 Å². The highest BCUT2D eigenvalue weighted by Gasteiger charge is 2.61. The summed E-state index contributed by atoms with van der Waals surface area (Å²) in [5, 5.41) is 6.86. The molecular weight excluding hydrogens is 315 g/mol. The molecule has 130 valence electrons. The molecule has 0 rings (SSSR count). The molecule has 0 bridgehead atoms. The van der Waals surface area contributed by atoms with Crippen LogP contribution in [0, 0.1) is 5.92 Å². The fourth-order valence-electron chi connectivity index (χ4n) is 2.32. The normalized spacial score (nSPS) is 17.2. The van der Waals surface area contributed by atoms with Crippen molar-refractivity contribution in [3.05, 3.63) is 0 Å². The van der Waals surface area contributed by atoms with Gasteiger partial charge in [-0.15, -0.1) is 0 Å². The molecule has 0 aliphatic rings. The molecule has 0 aromatic carbocycles. The Bertz CT molecular complexity index is 430. The largest absolute Gasteiger partial charge is 0.465 e. The summed E-state index contributed by atoms with van der Waals surface area (Å²) in [4.78, 5) is 43.8. The van der Waals surface area contributed by atoms with Gasteiger partial charge in [-0.25, -0.2) is 0 Å². The minimum Gasteiger partial charge on any atom is -0.465 e. The zero-order valence-electron chi connectivity index (χ0n) is 13.3. The fourth-order valence-corrected chi connectivity index (χ4v) is 3.73. The quantitative estimate of drug-likeness (QED) is 0.415. The maximum atomic E-state index is 12.2. The predicted molar refractivity (Wildman–Crippen MR) is 78.1 cm³/mol. The van der Waals surface area contributed by atoms with Gasteiger partial charge in [0.05, 0.1) is 18.6 Å². The number of rotatable bonds is 9. The minimum absolute atomic E-state index is 0.0175. The van der Waals surface area contributed by atoms with E-state index in [-0.39, 0.29) is 26.1 Å². The Labute approximate surface area is 130 Å². The average Bonchev–Trinajstić information content (AvgIpc) is 2.40. The van der Waals surface area contributed by atoms with E-state index in [1.54, 1.807) is 0 Å². The maximum absolute atomic E-state index is 12.2. The van der Waals surface area contributed by atoms with Crippen molar-refractivity contribution < 1.29 is 38.5 Å². The molecule has 3 unspecified atom stereocenters. The van der Waals surface area contributed by atoms with E-state index < -0.39 is 36.7 Å². The molecule has 0 saturated heterocycles. The average molecular weight is 340 g/mol. The number of carbonyl (C=O) groups is 2. The highest BCUT2D eigenvalue weighted by atomic mass is 31.2. The molecule has 0 saturated carbocycles. The molecule has 0 amide bonds. The lowest BCUT2D eigenvalue weighted by molar-refractivity contribution is -0.161. The molecule has 0 aliphatic heterocycles. The summed E-state index contributed by atoms with van der Waals surface area (Å²) in [6, 6.07) is 0. The highest BCUT2D eigenvalue weighted by molar-refractivity contribution is 7.54. The number of ether oxygens (including phenoxy) is 2. The predicted octanol–water partition coefficient (Wildman–Crippen LogP) is 0.826. The van der Waals surface area contributed by atoms with Crippen molar-refractivity contribution in [3.63, 3.8) is 0 Å². The molecular formula is C13H25O8P. The van der Waals surface area contributed by atoms with E-state index in [1.807, 2.05) is 0 Å². The molecule has 0 aromatic heterocycles. The maximum Gasteiger partial charge on any atom is 0.343 e. The van der Waals surface area contributed by atoms with Gasteiger partial charge in [-0.3, -0.25) is 14.2 Å². The van der Waals surface area contributed by atoms with Gasteiger partial charge in [-0.2, -0.15) is 0 Å². The lowest BCUT2D eigenvalue weighted by Gasteiger charge is -2.36. The molecule has 9 heteroatoms. The summed E-state index contributed by atoms with van der Waals surface area (Å²) in [5.74, 6) is -3.43. The summed E-state index contributed by atoms with van der Waals surface area (Å²) in [6.07, 6.45) is -1.22. The number of esters is 2. The Balaban J connectivity index is 5.76. The summed E-state index contributed by atoms with van der Waals surface area (Å²) in [7, 11) is -5.00. The Morgan fingerprint density at radius 2 is 1.73 bits per heavy atom. The number of hydrogen-bond donors (Lipinski definition) is 3. The topological polar surface area (TPSA) is 130 Å². The van der Waals surface area contributed by atoms with Crippen molar-refractivity contribution in [2.75, 3.05) is 13.2 Å². The van der Waals surface area contributed by atoms with Gasteiger partial charge in [-0.05, 0) is 26.7 Å². The lowest BCUT2D eigenvalue weighted by Crippen LogP contribution is -2.50.